The van der Waals surface area contributed by atoms with Crippen molar-refractivity contribution in [3.8, 4) is 33.9 Å². The van der Waals surface area contributed by atoms with Crippen molar-refractivity contribution in [2.75, 3.05) is 0 Å². The van der Waals surface area contributed by atoms with Crippen LogP contribution < -0.4 is 0 Å². The molecule has 0 aliphatic rings. The number of carbonyl (C=O) groups excluding carboxylic acids is 1. The first kappa shape index (κ1) is 19.6. The predicted octanol–water partition coefficient (Wildman–Crippen LogP) is 6.78. The maximum absolute atomic E-state index is 13.4. The van der Waals surface area contributed by atoms with Crippen molar-refractivity contribution in [2.24, 2.45) is 0 Å². The minimum Gasteiger partial charge on any atom is -0.337 e. The van der Waals surface area contributed by atoms with Gasteiger partial charge in [0.05, 0.1) is 11.4 Å². The number of ketones is 1. The minimum atomic E-state index is -0.295. The number of benzene rings is 4. The number of aromatic amines is 1. The number of hydrogen-bond acceptors (Lipinski definition) is 2. The molecule has 4 heteroatoms. The molecule has 0 bridgehead atoms. The fourth-order valence-corrected chi connectivity index (χ4v) is 3.70. The third kappa shape index (κ3) is 3.86. The highest BCUT2D eigenvalue weighted by Gasteiger charge is 2.17. The van der Waals surface area contributed by atoms with E-state index in [0.717, 1.165) is 28.1 Å². The van der Waals surface area contributed by atoms with Gasteiger partial charge in [-0.15, -0.1) is 0 Å². The zero-order valence-corrected chi connectivity index (χ0v) is 17.1. The topological polar surface area (TPSA) is 45.8 Å². The van der Waals surface area contributed by atoms with E-state index < -0.39 is 0 Å². The van der Waals surface area contributed by atoms with Crippen LogP contribution in [0, 0.1) is 5.82 Å². The molecule has 3 nitrogen and oxygen atoms in total. The van der Waals surface area contributed by atoms with Gasteiger partial charge in [0.15, 0.2) is 5.78 Å². The molecule has 0 aliphatic carbocycles. The third-order valence-electron chi connectivity index (χ3n) is 5.32. The second-order valence-corrected chi connectivity index (χ2v) is 7.46. The van der Waals surface area contributed by atoms with E-state index in [1.54, 1.807) is 12.1 Å². The minimum absolute atomic E-state index is 0.0389. The summed E-state index contributed by atoms with van der Waals surface area (Å²) in [6, 6.07) is 32.8. The van der Waals surface area contributed by atoms with Gasteiger partial charge in [-0.3, -0.25) is 4.79 Å². The molecule has 0 saturated heterocycles. The summed E-state index contributed by atoms with van der Waals surface area (Å²) in [7, 11) is 0. The monoisotopic (exact) mass is 418 g/mol. The summed E-state index contributed by atoms with van der Waals surface area (Å²) in [5, 5.41) is 0. The lowest BCUT2D eigenvalue weighted by Crippen LogP contribution is -2.01. The van der Waals surface area contributed by atoms with Gasteiger partial charge in [-0.1, -0.05) is 78.9 Å². The van der Waals surface area contributed by atoms with Crippen LogP contribution in [0.2, 0.25) is 0 Å². The molecule has 5 aromatic rings. The van der Waals surface area contributed by atoms with E-state index in [1.807, 2.05) is 84.9 Å². The van der Waals surface area contributed by atoms with Gasteiger partial charge in [-0.25, -0.2) is 9.37 Å². The number of nitrogens with one attached hydrogen (secondary N) is 1. The highest BCUT2D eigenvalue weighted by Crippen LogP contribution is 2.33. The number of nitrogens with zero attached hydrogens (tertiary/aromatic N) is 1. The molecule has 5 rings (SSSR count). The summed E-state index contributed by atoms with van der Waals surface area (Å²) in [5.74, 6) is 0.303. The van der Waals surface area contributed by atoms with Crippen LogP contribution in [-0.4, -0.2) is 15.8 Å². The molecule has 1 aromatic heterocycles. The maximum atomic E-state index is 13.4. The van der Waals surface area contributed by atoms with E-state index in [0.29, 0.717) is 17.0 Å². The molecule has 32 heavy (non-hydrogen) atoms. The number of halogens is 1. The lowest BCUT2D eigenvalue weighted by atomic mass is 9.99. The number of aromatic nitrogens is 2. The fourth-order valence-electron chi connectivity index (χ4n) is 3.70. The van der Waals surface area contributed by atoms with E-state index in [2.05, 4.69) is 4.98 Å². The fraction of sp³-hybridized carbons (Fsp3) is 0. The molecule has 0 spiro atoms. The van der Waals surface area contributed by atoms with Crippen molar-refractivity contribution in [3.63, 3.8) is 0 Å². The lowest BCUT2D eigenvalue weighted by Gasteiger charge is -2.06. The first-order valence-electron chi connectivity index (χ1n) is 10.3. The van der Waals surface area contributed by atoms with Gasteiger partial charge in [0, 0.05) is 27.8 Å². The van der Waals surface area contributed by atoms with Crippen LogP contribution in [0.4, 0.5) is 4.39 Å². The van der Waals surface area contributed by atoms with Crippen LogP contribution in [0.15, 0.2) is 109 Å². The van der Waals surface area contributed by atoms with Crippen molar-refractivity contribution in [1.82, 2.24) is 9.97 Å². The molecule has 154 valence electrons. The second kappa shape index (κ2) is 8.44. The van der Waals surface area contributed by atoms with Crippen LogP contribution >= 0.6 is 0 Å². The largest absolute Gasteiger partial charge is 0.337 e. The Labute approximate surface area is 185 Å². The van der Waals surface area contributed by atoms with Gasteiger partial charge >= 0.3 is 0 Å². The Morgan fingerprint density at radius 1 is 0.656 bits per heavy atom. The second-order valence-electron chi connectivity index (χ2n) is 7.46. The Morgan fingerprint density at radius 2 is 1.28 bits per heavy atom. The average molecular weight is 418 g/mol. The molecule has 0 radical (unpaired) electrons. The molecular formula is C28H19FN2O. The van der Waals surface area contributed by atoms with E-state index in [-0.39, 0.29) is 11.6 Å². The van der Waals surface area contributed by atoms with Crippen LogP contribution in [-0.2, 0) is 0 Å². The molecule has 0 unspecified atom stereocenters. The van der Waals surface area contributed by atoms with E-state index in [9.17, 15) is 9.18 Å². The number of H-pyrrole nitrogens is 1. The van der Waals surface area contributed by atoms with Gasteiger partial charge in [-0.2, -0.15) is 0 Å². The molecule has 1 heterocycles. The van der Waals surface area contributed by atoms with E-state index >= 15 is 0 Å². The van der Waals surface area contributed by atoms with Gasteiger partial charge < -0.3 is 4.98 Å². The van der Waals surface area contributed by atoms with Crippen LogP contribution in [0.3, 0.4) is 0 Å². The first-order valence-corrected chi connectivity index (χ1v) is 10.3. The highest BCUT2D eigenvalue weighted by molar-refractivity contribution is 6.09. The molecule has 4 aromatic carbocycles. The van der Waals surface area contributed by atoms with Crippen molar-refractivity contribution in [3.05, 3.63) is 126 Å². The van der Waals surface area contributed by atoms with Gasteiger partial charge in [0.2, 0.25) is 0 Å². The molecule has 0 aliphatic heterocycles. The van der Waals surface area contributed by atoms with Crippen molar-refractivity contribution in [1.29, 1.82) is 0 Å². The zero-order chi connectivity index (χ0) is 21.9. The smallest absolute Gasteiger partial charge is 0.193 e. The Kier molecular flexibility index (Phi) is 5.18. The van der Waals surface area contributed by atoms with Crippen molar-refractivity contribution >= 4 is 5.78 Å². The lowest BCUT2D eigenvalue weighted by molar-refractivity contribution is 0.103. The standard InChI is InChI=1S/C28H19FN2O/c29-24-16-14-21(15-17-24)28-30-25(19-8-3-1-4-9-19)26(31-28)22-12-7-13-23(18-22)27(32)20-10-5-2-6-11-20/h1-18H,(H,30,31). The van der Waals surface area contributed by atoms with Crippen molar-refractivity contribution < 1.29 is 9.18 Å². The summed E-state index contributed by atoms with van der Waals surface area (Å²) in [4.78, 5) is 21.2. The molecular weight excluding hydrogens is 399 g/mol. The SMILES string of the molecule is O=C(c1ccccc1)c1cccc(-c2nc(-c3ccc(F)cc3)[nH]c2-c2ccccc2)c1. The quantitative estimate of drug-likeness (QED) is 0.320. The zero-order valence-electron chi connectivity index (χ0n) is 17.1. The van der Waals surface area contributed by atoms with Crippen LogP contribution in [0.1, 0.15) is 15.9 Å². The maximum Gasteiger partial charge on any atom is 0.193 e. The molecule has 0 amide bonds. The molecule has 1 N–H and O–H groups in total. The Bertz CT molecular complexity index is 1370. The summed E-state index contributed by atoms with van der Waals surface area (Å²) in [6.45, 7) is 0. The molecule has 0 atom stereocenters. The van der Waals surface area contributed by atoms with E-state index in [4.69, 9.17) is 4.98 Å². The Balaban J connectivity index is 1.62. The Hall–Kier alpha value is -4.31. The third-order valence-corrected chi connectivity index (χ3v) is 5.32. The first-order chi connectivity index (χ1) is 15.7. The Morgan fingerprint density at radius 3 is 2.00 bits per heavy atom. The van der Waals surface area contributed by atoms with Crippen molar-refractivity contribution in [2.45, 2.75) is 0 Å². The number of hydrogen-bond donors (Lipinski definition) is 1. The molecule has 0 fully saturated rings. The highest BCUT2D eigenvalue weighted by atomic mass is 19.1. The number of carbonyl (C=O) groups is 1. The van der Waals surface area contributed by atoms with Gasteiger partial charge in [-0.05, 0) is 30.3 Å². The van der Waals surface area contributed by atoms with Gasteiger partial charge in [0.1, 0.15) is 11.6 Å². The summed E-state index contributed by atoms with van der Waals surface area (Å²) >= 11 is 0. The van der Waals surface area contributed by atoms with Gasteiger partial charge in [0.25, 0.3) is 0 Å². The normalized spacial score (nSPS) is 10.8. The van der Waals surface area contributed by atoms with E-state index in [1.165, 1.54) is 12.1 Å². The summed E-state index contributed by atoms with van der Waals surface area (Å²) in [5.41, 5.74) is 5.40. The summed E-state index contributed by atoms with van der Waals surface area (Å²) in [6.07, 6.45) is 0. The van der Waals surface area contributed by atoms with Crippen LogP contribution in [0.5, 0.6) is 0 Å². The average Bonchev–Trinajstić information content (AvgIpc) is 3.31. The predicted molar refractivity (Wildman–Crippen MR) is 125 cm³/mol. The van der Waals surface area contributed by atoms with Crippen LogP contribution in [0.25, 0.3) is 33.9 Å². The number of imidazole rings is 1. The number of rotatable bonds is 5. The summed E-state index contributed by atoms with van der Waals surface area (Å²) < 4.78 is 13.4. The molecule has 0 saturated carbocycles.